The Bertz CT molecular complexity index is 800. The van der Waals surface area contributed by atoms with E-state index >= 15 is 0 Å². The molecule has 1 aliphatic carbocycles. The lowest BCUT2D eigenvalue weighted by molar-refractivity contribution is -0.118. The van der Waals surface area contributed by atoms with Crippen molar-refractivity contribution in [3.8, 4) is 0 Å². The van der Waals surface area contributed by atoms with Crippen molar-refractivity contribution in [2.75, 3.05) is 26.0 Å². The fourth-order valence-electron chi connectivity index (χ4n) is 2.87. The van der Waals surface area contributed by atoms with Gasteiger partial charge >= 0.3 is 0 Å². The molecule has 0 aliphatic heterocycles. The van der Waals surface area contributed by atoms with E-state index in [0.717, 1.165) is 29.5 Å². The molecule has 0 saturated carbocycles. The van der Waals surface area contributed by atoms with E-state index in [-0.39, 0.29) is 17.2 Å². The number of thioether (sulfide) groups is 1. The Morgan fingerprint density at radius 2 is 2.38 bits per heavy atom. The summed E-state index contributed by atoms with van der Waals surface area (Å²) in [6, 6.07) is 0. The maximum atomic E-state index is 12.5. The largest absolute Gasteiger partial charge is 0.383 e. The third-order valence-corrected chi connectivity index (χ3v) is 6.13. The fraction of sp³-hybridized carbons (Fsp3) is 0.562. The topological polar surface area (TPSA) is 84.1 Å². The van der Waals surface area contributed by atoms with Crippen LogP contribution in [0.4, 0.5) is 0 Å². The van der Waals surface area contributed by atoms with Crippen LogP contribution in [-0.4, -0.2) is 41.9 Å². The number of hydrogen-bond donors (Lipinski definition) is 2. The van der Waals surface area contributed by atoms with Gasteiger partial charge in [0.2, 0.25) is 5.91 Å². The Hall–Kier alpha value is -1.38. The molecule has 2 N–H and O–H groups in total. The first-order chi connectivity index (χ1) is 11.6. The summed E-state index contributed by atoms with van der Waals surface area (Å²) in [5.41, 5.74) is 1.09. The van der Waals surface area contributed by atoms with Crippen LogP contribution in [0, 0.1) is 5.92 Å². The van der Waals surface area contributed by atoms with Crippen LogP contribution >= 0.6 is 23.1 Å². The van der Waals surface area contributed by atoms with Crippen molar-refractivity contribution in [1.82, 2.24) is 15.3 Å². The number of H-pyrrole nitrogens is 1. The normalized spacial score (nSPS) is 17.0. The molecule has 1 unspecified atom stereocenters. The van der Waals surface area contributed by atoms with E-state index < -0.39 is 0 Å². The molecular weight excluding hydrogens is 346 g/mol. The van der Waals surface area contributed by atoms with Crippen molar-refractivity contribution >= 4 is 39.2 Å². The number of fused-ring (bicyclic) bond motifs is 3. The Kier molecular flexibility index (Phi) is 5.57. The van der Waals surface area contributed by atoms with Gasteiger partial charge in [0.25, 0.3) is 5.56 Å². The minimum Gasteiger partial charge on any atom is -0.383 e. The molecule has 130 valence electrons. The van der Waals surface area contributed by atoms with Gasteiger partial charge in [0.05, 0.1) is 17.7 Å². The number of methoxy groups -OCH3 is 1. The maximum absolute atomic E-state index is 12.5. The predicted molar refractivity (Wildman–Crippen MR) is 97.0 cm³/mol. The molecule has 0 radical (unpaired) electrons. The number of rotatable bonds is 6. The quantitative estimate of drug-likeness (QED) is 0.463. The zero-order valence-corrected chi connectivity index (χ0v) is 15.4. The lowest BCUT2D eigenvalue weighted by Crippen LogP contribution is -2.28. The number of carbonyl (C=O) groups is 1. The van der Waals surface area contributed by atoms with Crippen molar-refractivity contribution < 1.29 is 9.53 Å². The van der Waals surface area contributed by atoms with Gasteiger partial charge in [-0.15, -0.1) is 11.3 Å². The first kappa shape index (κ1) is 17.4. The second-order valence-electron chi connectivity index (χ2n) is 6.03. The summed E-state index contributed by atoms with van der Waals surface area (Å²) < 4.78 is 4.89. The van der Waals surface area contributed by atoms with Crippen LogP contribution < -0.4 is 10.9 Å². The number of nitrogens with one attached hydrogen (secondary N) is 2. The van der Waals surface area contributed by atoms with Crippen LogP contribution in [0.15, 0.2) is 9.95 Å². The molecule has 6 nitrogen and oxygen atoms in total. The van der Waals surface area contributed by atoms with Gasteiger partial charge < -0.3 is 15.0 Å². The molecule has 0 aromatic carbocycles. The summed E-state index contributed by atoms with van der Waals surface area (Å²) in [7, 11) is 1.59. The number of amides is 1. The smallest absolute Gasteiger partial charge is 0.260 e. The second-order valence-corrected chi connectivity index (χ2v) is 8.08. The molecule has 0 saturated heterocycles. The Morgan fingerprint density at radius 3 is 3.17 bits per heavy atom. The highest BCUT2D eigenvalue weighted by molar-refractivity contribution is 7.99. The van der Waals surface area contributed by atoms with Crippen molar-refractivity contribution in [3.63, 3.8) is 0 Å². The van der Waals surface area contributed by atoms with Crippen molar-refractivity contribution in [2.24, 2.45) is 5.92 Å². The van der Waals surface area contributed by atoms with Crippen molar-refractivity contribution in [3.05, 3.63) is 20.8 Å². The number of ether oxygens (including phenoxy) is 1. The highest BCUT2D eigenvalue weighted by atomic mass is 32.2. The Balaban J connectivity index is 1.74. The van der Waals surface area contributed by atoms with Gasteiger partial charge in [-0.3, -0.25) is 9.59 Å². The average molecular weight is 367 g/mol. The third kappa shape index (κ3) is 3.81. The number of thiophene rings is 1. The van der Waals surface area contributed by atoms with Gasteiger partial charge in [-0.05, 0) is 30.7 Å². The minimum atomic E-state index is -0.0981. The summed E-state index contributed by atoms with van der Waals surface area (Å²) in [6.07, 6.45) is 3.10. The molecule has 2 aromatic rings. The number of nitrogens with zero attached hydrogens (tertiary/aromatic N) is 1. The Labute approximate surface area is 148 Å². The number of aromatic amines is 1. The van der Waals surface area contributed by atoms with Crippen LogP contribution in [0.2, 0.25) is 0 Å². The van der Waals surface area contributed by atoms with Crippen molar-refractivity contribution in [1.29, 1.82) is 0 Å². The molecule has 0 fully saturated rings. The monoisotopic (exact) mass is 367 g/mol. The van der Waals surface area contributed by atoms with E-state index in [4.69, 9.17) is 4.74 Å². The third-order valence-electron chi connectivity index (χ3n) is 4.11. The predicted octanol–water partition coefficient (Wildman–Crippen LogP) is 1.96. The van der Waals surface area contributed by atoms with E-state index in [1.165, 1.54) is 22.2 Å². The van der Waals surface area contributed by atoms with Gasteiger partial charge in [0.15, 0.2) is 5.16 Å². The number of aryl methyl sites for hydroxylation is 1. The number of aromatic nitrogens is 2. The molecule has 1 amide bonds. The van der Waals surface area contributed by atoms with Crippen LogP contribution in [0.25, 0.3) is 10.2 Å². The highest BCUT2D eigenvalue weighted by Crippen LogP contribution is 2.36. The number of carbonyl (C=O) groups excluding carboxylic acids is 1. The van der Waals surface area contributed by atoms with E-state index in [1.54, 1.807) is 18.4 Å². The van der Waals surface area contributed by atoms with Crippen LogP contribution in [0.5, 0.6) is 0 Å². The first-order valence-electron chi connectivity index (χ1n) is 8.01. The zero-order valence-electron chi connectivity index (χ0n) is 13.8. The summed E-state index contributed by atoms with van der Waals surface area (Å²) in [5.74, 6) is 0.786. The molecular formula is C16H21N3O3S2. The molecule has 1 aliphatic rings. The molecule has 2 aromatic heterocycles. The summed E-state index contributed by atoms with van der Waals surface area (Å²) in [5, 5.41) is 4.00. The van der Waals surface area contributed by atoms with E-state index in [0.29, 0.717) is 24.2 Å². The van der Waals surface area contributed by atoms with Gasteiger partial charge in [0, 0.05) is 18.5 Å². The standard InChI is InChI=1S/C16H21N3O3S2/c1-9-3-4-10-11(7-9)24-15-13(10)14(21)18-16(19-15)23-8-12(20)17-5-6-22-2/h9H,3-8H2,1-2H3,(H,17,20)(H,18,19,21). The van der Waals surface area contributed by atoms with Crippen molar-refractivity contribution in [2.45, 2.75) is 31.3 Å². The average Bonchev–Trinajstić information content (AvgIpc) is 2.90. The molecule has 0 spiro atoms. The zero-order chi connectivity index (χ0) is 17.1. The lowest BCUT2D eigenvalue weighted by Gasteiger charge is -2.17. The SMILES string of the molecule is COCCNC(=O)CSc1nc2sc3c(c2c(=O)[nH]1)CCC(C)C3. The highest BCUT2D eigenvalue weighted by Gasteiger charge is 2.23. The van der Waals surface area contributed by atoms with Gasteiger partial charge in [-0.1, -0.05) is 18.7 Å². The van der Waals surface area contributed by atoms with E-state index in [2.05, 4.69) is 22.2 Å². The van der Waals surface area contributed by atoms with E-state index in [1.807, 2.05) is 0 Å². The van der Waals surface area contributed by atoms with Crippen LogP contribution in [0.3, 0.4) is 0 Å². The molecule has 0 bridgehead atoms. The lowest BCUT2D eigenvalue weighted by atomic mass is 9.89. The molecule has 1 atom stereocenters. The molecule has 3 rings (SSSR count). The van der Waals surface area contributed by atoms with E-state index in [9.17, 15) is 9.59 Å². The fourth-order valence-corrected chi connectivity index (χ4v) is 5.01. The van der Waals surface area contributed by atoms with Crippen LogP contribution in [0.1, 0.15) is 23.8 Å². The summed E-state index contributed by atoms with van der Waals surface area (Å²) >= 11 is 2.87. The van der Waals surface area contributed by atoms with Gasteiger partial charge in [-0.25, -0.2) is 4.98 Å². The second kappa shape index (κ2) is 7.67. The molecule has 8 heteroatoms. The Morgan fingerprint density at radius 1 is 1.54 bits per heavy atom. The maximum Gasteiger partial charge on any atom is 0.260 e. The van der Waals surface area contributed by atoms with Crippen LogP contribution in [-0.2, 0) is 22.4 Å². The van der Waals surface area contributed by atoms with Gasteiger partial charge in [-0.2, -0.15) is 0 Å². The summed E-state index contributed by atoms with van der Waals surface area (Å²) in [4.78, 5) is 33.6. The molecule has 24 heavy (non-hydrogen) atoms. The summed E-state index contributed by atoms with van der Waals surface area (Å²) in [6.45, 7) is 3.21. The first-order valence-corrected chi connectivity index (χ1v) is 9.81. The number of hydrogen-bond acceptors (Lipinski definition) is 6. The molecule has 2 heterocycles. The minimum absolute atomic E-state index is 0.0886. The van der Waals surface area contributed by atoms with Gasteiger partial charge in [0.1, 0.15) is 4.83 Å².